The molecule has 0 spiro atoms. The van der Waals surface area contributed by atoms with Crippen molar-refractivity contribution in [1.29, 1.82) is 0 Å². The fraction of sp³-hybridized carbons (Fsp3) is 0.318. The Morgan fingerprint density at radius 3 is 2.88 bits per heavy atom. The number of aryl methyl sites for hydroxylation is 1. The zero-order chi connectivity index (χ0) is 29.3. The zero-order valence-corrected chi connectivity index (χ0v) is 24.4. The highest BCUT2D eigenvalue weighted by Crippen LogP contribution is 2.41. The van der Waals surface area contributed by atoms with E-state index in [1.165, 1.54) is 47.1 Å². The second kappa shape index (κ2) is 12.0. The monoisotopic (exact) mass is 637 g/mol. The maximum atomic E-state index is 13.1. The number of fused-ring (bicyclic) bond motifs is 2. The van der Waals surface area contributed by atoms with E-state index in [1.807, 2.05) is 13.0 Å². The molecule has 5 heterocycles. The maximum Gasteiger partial charge on any atom is 0.352 e. The number of thioether (sulfide) groups is 2. The van der Waals surface area contributed by atoms with Gasteiger partial charge in [-0.2, -0.15) is 4.52 Å². The van der Waals surface area contributed by atoms with Gasteiger partial charge in [-0.3, -0.25) is 19.3 Å². The summed E-state index contributed by atoms with van der Waals surface area (Å²) in [7, 11) is 1.24. The second-order valence-electron chi connectivity index (χ2n) is 8.49. The number of hydrogen-bond donors (Lipinski definition) is 3. The Labute approximate surface area is 248 Å². The van der Waals surface area contributed by atoms with Gasteiger partial charge in [0.2, 0.25) is 5.91 Å². The third kappa shape index (κ3) is 5.72. The second-order valence-corrected chi connectivity index (χ2v) is 11.7. The van der Waals surface area contributed by atoms with Crippen LogP contribution in [0.3, 0.4) is 0 Å². The number of anilines is 1. The first kappa shape index (κ1) is 28.8. The van der Waals surface area contributed by atoms with Crippen molar-refractivity contribution in [3.8, 4) is 0 Å². The van der Waals surface area contributed by atoms with Crippen LogP contribution in [0.5, 0.6) is 0 Å². The molecule has 214 valence electrons. The van der Waals surface area contributed by atoms with Crippen molar-refractivity contribution >= 4 is 86.6 Å². The van der Waals surface area contributed by atoms with Crippen molar-refractivity contribution in [2.75, 3.05) is 29.8 Å². The van der Waals surface area contributed by atoms with Crippen LogP contribution in [0.25, 0.3) is 5.65 Å². The number of amides is 3. The van der Waals surface area contributed by atoms with Crippen molar-refractivity contribution in [2.45, 2.75) is 23.4 Å². The van der Waals surface area contributed by atoms with E-state index in [4.69, 9.17) is 16.4 Å². The first-order valence-electron chi connectivity index (χ1n) is 11.7. The van der Waals surface area contributed by atoms with Gasteiger partial charge in [0.25, 0.3) is 11.8 Å². The zero-order valence-electron chi connectivity index (χ0n) is 21.2. The number of carboxylic acids is 1. The molecule has 2 atom stereocenters. The van der Waals surface area contributed by atoms with Gasteiger partial charge in [-0.05, 0) is 18.6 Å². The lowest BCUT2D eigenvalue weighted by molar-refractivity contribution is -0.150. The number of carboxylic acid groups (broad SMARTS) is 1. The highest BCUT2D eigenvalue weighted by Gasteiger charge is 2.54. The Morgan fingerprint density at radius 2 is 2.15 bits per heavy atom. The van der Waals surface area contributed by atoms with E-state index in [2.05, 4.69) is 36.1 Å². The summed E-state index contributed by atoms with van der Waals surface area (Å²) in [5.74, 6) is -2.68. The molecular weight excluding hydrogens is 618 g/mol. The number of nitrogens with one attached hydrogen (secondary N) is 2. The van der Waals surface area contributed by atoms with Crippen LogP contribution < -0.4 is 10.6 Å². The Morgan fingerprint density at radius 1 is 1.34 bits per heavy atom. The van der Waals surface area contributed by atoms with Gasteiger partial charge in [-0.25, -0.2) is 14.8 Å². The Kier molecular flexibility index (Phi) is 8.43. The van der Waals surface area contributed by atoms with Crippen molar-refractivity contribution in [3.63, 3.8) is 0 Å². The van der Waals surface area contributed by atoms with Gasteiger partial charge >= 0.3 is 5.97 Å². The van der Waals surface area contributed by atoms with Crippen molar-refractivity contribution < 1.29 is 29.1 Å². The fourth-order valence-corrected chi connectivity index (χ4v) is 7.39. The van der Waals surface area contributed by atoms with Crippen LogP contribution in [0.15, 0.2) is 39.1 Å². The van der Waals surface area contributed by atoms with Gasteiger partial charge < -0.3 is 20.6 Å². The molecule has 0 aromatic carbocycles. The van der Waals surface area contributed by atoms with E-state index in [1.54, 1.807) is 4.52 Å². The van der Waals surface area contributed by atoms with E-state index < -0.39 is 35.1 Å². The average molecular weight is 638 g/mol. The molecule has 5 rings (SSSR count). The maximum absolute atomic E-state index is 13.1. The third-order valence-electron chi connectivity index (χ3n) is 5.81. The summed E-state index contributed by atoms with van der Waals surface area (Å²) in [6.45, 7) is 1.84. The van der Waals surface area contributed by atoms with E-state index in [-0.39, 0.29) is 33.9 Å². The number of aliphatic carboxylic acids is 1. The molecule has 1 saturated heterocycles. The van der Waals surface area contributed by atoms with E-state index >= 15 is 0 Å². The van der Waals surface area contributed by atoms with Crippen molar-refractivity contribution in [3.05, 3.63) is 40.3 Å². The number of carbonyl (C=O) groups is 4. The molecule has 1 fully saturated rings. The van der Waals surface area contributed by atoms with Crippen molar-refractivity contribution in [1.82, 2.24) is 35.0 Å². The standard InChI is InChI=1S/C22H20ClN9O6S3/c1-9-3-14(32-12(25-9)5-24-30-32)39-6-10-7-40-20-16(19(35)31(20)17(10)21(36)37)28-18(34)15(29-38-2)11-8-41-22(26-11)27-13(33)4-23/h3,5,8,16,20H,4,6-7H2,1-2H3,(H,28,34)(H,36,37)(H,26,27,33)/t16-,20-/m1/s1. The summed E-state index contributed by atoms with van der Waals surface area (Å²) in [6, 6.07) is 0.827. The minimum absolute atomic E-state index is 0.109. The van der Waals surface area contributed by atoms with Crippen LogP contribution in [0.4, 0.5) is 5.13 Å². The number of carbonyl (C=O) groups excluding carboxylic acids is 3. The lowest BCUT2D eigenvalue weighted by atomic mass is 10.0. The molecule has 41 heavy (non-hydrogen) atoms. The molecule has 3 amide bonds. The fourth-order valence-electron chi connectivity index (χ4n) is 4.07. The van der Waals surface area contributed by atoms with Crippen LogP contribution in [-0.2, 0) is 24.0 Å². The van der Waals surface area contributed by atoms with Gasteiger partial charge in [0.1, 0.15) is 40.8 Å². The molecule has 3 N–H and O–H groups in total. The molecule has 0 radical (unpaired) electrons. The van der Waals surface area contributed by atoms with Gasteiger partial charge in [0.05, 0.1) is 6.20 Å². The number of aromatic nitrogens is 5. The molecule has 3 aromatic heterocycles. The van der Waals surface area contributed by atoms with Crippen LogP contribution in [0, 0.1) is 6.92 Å². The normalized spacial score (nSPS) is 18.7. The first-order valence-corrected chi connectivity index (χ1v) is 15.1. The quantitative estimate of drug-likeness (QED) is 0.0712. The number of rotatable bonds is 10. The number of hydrogen-bond acceptors (Lipinski definition) is 13. The third-order valence-corrected chi connectivity index (χ3v) is 9.23. The van der Waals surface area contributed by atoms with Gasteiger partial charge in [-0.1, -0.05) is 10.4 Å². The molecule has 3 aromatic rings. The molecular formula is C22H20ClN9O6S3. The molecule has 15 nitrogen and oxygen atoms in total. The van der Waals surface area contributed by atoms with Crippen molar-refractivity contribution in [2.24, 2.45) is 5.16 Å². The average Bonchev–Trinajstić information content (AvgIpc) is 3.62. The molecule has 0 saturated carbocycles. The molecule has 0 aliphatic carbocycles. The smallest absolute Gasteiger partial charge is 0.352 e. The topological polar surface area (TPSA) is 193 Å². The number of nitrogens with zero attached hydrogens (tertiary/aromatic N) is 7. The Bertz CT molecular complexity index is 1620. The molecule has 0 bridgehead atoms. The first-order chi connectivity index (χ1) is 19.7. The molecule has 2 aliphatic rings. The largest absolute Gasteiger partial charge is 0.477 e. The molecule has 0 unspecified atom stereocenters. The SMILES string of the molecule is CON=C(C(=O)N[C@@H]1C(=O)N2C(C(=O)O)=C(CSc3cc(C)nc4cnnn34)CS[C@H]12)c1csc(NC(=O)CCl)n1. The van der Waals surface area contributed by atoms with E-state index in [0.717, 1.165) is 22.1 Å². The predicted octanol–water partition coefficient (Wildman–Crippen LogP) is 0.948. The number of β-lactam (4-membered cyclic amide) rings is 1. The summed E-state index contributed by atoms with van der Waals surface area (Å²) in [6.07, 6.45) is 1.53. The molecule has 19 heteroatoms. The lowest BCUT2D eigenvalue weighted by Crippen LogP contribution is -2.71. The number of halogens is 1. The van der Waals surface area contributed by atoms with Gasteiger partial charge in [0, 0.05) is 22.6 Å². The summed E-state index contributed by atoms with van der Waals surface area (Å²) < 4.78 is 1.56. The number of oxime groups is 1. The minimum Gasteiger partial charge on any atom is -0.477 e. The highest BCUT2D eigenvalue weighted by atomic mass is 35.5. The predicted molar refractivity (Wildman–Crippen MR) is 151 cm³/mol. The van der Waals surface area contributed by atoms with Crippen LogP contribution in [-0.4, -0.2) is 100 Å². The highest BCUT2D eigenvalue weighted by molar-refractivity contribution is 8.01. The lowest BCUT2D eigenvalue weighted by Gasteiger charge is -2.49. The Hall–Kier alpha value is -3.74. The summed E-state index contributed by atoms with van der Waals surface area (Å²) in [4.78, 5) is 64.5. The minimum atomic E-state index is -1.24. The van der Waals surface area contributed by atoms with Crippen LogP contribution in [0.1, 0.15) is 11.4 Å². The van der Waals surface area contributed by atoms with Gasteiger partial charge in [0.15, 0.2) is 16.5 Å². The Balaban J connectivity index is 1.30. The summed E-state index contributed by atoms with van der Waals surface area (Å²) in [5.41, 5.74) is 1.66. The van der Waals surface area contributed by atoms with Crippen LogP contribution in [0.2, 0.25) is 0 Å². The van der Waals surface area contributed by atoms with Crippen LogP contribution >= 0.6 is 46.5 Å². The number of thiazole rings is 1. The van der Waals surface area contributed by atoms with E-state index in [9.17, 15) is 24.3 Å². The van der Waals surface area contributed by atoms with Gasteiger partial charge in [-0.15, -0.1) is 51.6 Å². The van der Waals surface area contributed by atoms with E-state index in [0.29, 0.717) is 17.0 Å². The number of alkyl halides is 1. The molecule has 2 aliphatic heterocycles. The summed E-state index contributed by atoms with van der Waals surface area (Å²) >= 11 is 9.24. The summed E-state index contributed by atoms with van der Waals surface area (Å²) in [5, 5.41) is 28.5.